The maximum atomic E-state index is 11.7. The van der Waals surface area contributed by atoms with Gasteiger partial charge in [-0.05, 0) is 56.9 Å². The summed E-state index contributed by atoms with van der Waals surface area (Å²) >= 11 is 1.77. The second-order valence-electron chi connectivity index (χ2n) is 6.45. The third kappa shape index (κ3) is 3.19. The minimum absolute atomic E-state index is 0.0397. The average Bonchev–Trinajstić information content (AvgIpc) is 3.11. The van der Waals surface area contributed by atoms with E-state index < -0.39 is 5.97 Å². The van der Waals surface area contributed by atoms with E-state index in [1.807, 2.05) is 0 Å². The van der Waals surface area contributed by atoms with Gasteiger partial charge in [-0.2, -0.15) is 0 Å². The molecule has 1 fully saturated rings. The van der Waals surface area contributed by atoms with Gasteiger partial charge < -0.3 is 5.11 Å². The van der Waals surface area contributed by atoms with Crippen molar-refractivity contribution in [1.82, 2.24) is 4.90 Å². The lowest BCUT2D eigenvalue weighted by molar-refractivity contribution is -0.142. The number of nitrogens with zero attached hydrogens (tertiary/aromatic N) is 1. The number of aryl methyl sites for hydroxylation is 3. The van der Waals surface area contributed by atoms with E-state index in [1.165, 1.54) is 26.4 Å². The monoisotopic (exact) mass is 329 g/mol. The molecule has 2 atom stereocenters. The van der Waals surface area contributed by atoms with Crippen LogP contribution in [0.2, 0.25) is 0 Å². The van der Waals surface area contributed by atoms with Crippen molar-refractivity contribution in [3.8, 4) is 0 Å². The second-order valence-corrected chi connectivity index (χ2v) is 7.76. The highest BCUT2D eigenvalue weighted by atomic mass is 32.1. The van der Waals surface area contributed by atoms with E-state index in [9.17, 15) is 9.90 Å². The van der Waals surface area contributed by atoms with Gasteiger partial charge in [-0.3, -0.25) is 9.69 Å². The summed E-state index contributed by atoms with van der Waals surface area (Å²) in [5.74, 6) is -0.703. The molecule has 1 aliphatic rings. The van der Waals surface area contributed by atoms with Crippen LogP contribution in [0.1, 0.15) is 45.3 Å². The van der Waals surface area contributed by atoms with Gasteiger partial charge >= 0.3 is 5.97 Å². The Morgan fingerprint density at radius 3 is 2.65 bits per heavy atom. The zero-order chi connectivity index (χ0) is 16.6. The van der Waals surface area contributed by atoms with Gasteiger partial charge in [0.25, 0.3) is 0 Å². The molecule has 3 nitrogen and oxygen atoms in total. The zero-order valence-corrected chi connectivity index (χ0v) is 14.7. The van der Waals surface area contributed by atoms with Gasteiger partial charge in [-0.1, -0.05) is 23.8 Å². The lowest BCUT2D eigenvalue weighted by Gasteiger charge is -2.32. The smallest absolute Gasteiger partial charge is 0.320 e. The summed E-state index contributed by atoms with van der Waals surface area (Å²) in [6, 6.07) is 10.4. The molecule has 2 heterocycles. The third-order valence-electron chi connectivity index (χ3n) is 4.66. The van der Waals surface area contributed by atoms with E-state index in [-0.39, 0.29) is 12.1 Å². The van der Waals surface area contributed by atoms with Crippen LogP contribution in [-0.2, 0) is 4.79 Å². The molecule has 0 amide bonds. The van der Waals surface area contributed by atoms with Crippen LogP contribution in [0.4, 0.5) is 0 Å². The summed E-state index contributed by atoms with van der Waals surface area (Å²) in [5.41, 5.74) is 3.70. The Hall–Kier alpha value is -1.65. The number of hydrogen-bond donors (Lipinski definition) is 1. The number of likely N-dealkylation sites (tertiary alicyclic amines) is 1. The van der Waals surface area contributed by atoms with E-state index in [0.717, 1.165) is 19.4 Å². The van der Waals surface area contributed by atoms with Crippen LogP contribution in [-0.4, -0.2) is 28.6 Å². The fraction of sp³-hybridized carbons (Fsp3) is 0.421. The van der Waals surface area contributed by atoms with E-state index in [4.69, 9.17) is 0 Å². The largest absolute Gasteiger partial charge is 0.480 e. The third-order valence-corrected chi connectivity index (χ3v) is 5.71. The maximum absolute atomic E-state index is 11.7. The number of carboxylic acid groups (broad SMARTS) is 1. The minimum Gasteiger partial charge on any atom is -0.480 e. The normalized spacial score (nSPS) is 19.9. The molecule has 3 rings (SSSR count). The average molecular weight is 329 g/mol. The number of rotatable bonds is 4. The summed E-state index contributed by atoms with van der Waals surface area (Å²) in [4.78, 5) is 16.4. The predicted octanol–water partition coefficient (Wildman–Crippen LogP) is 4.31. The highest BCUT2D eigenvalue weighted by Gasteiger charge is 2.37. The Bertz CT molecular complexity index is 722. The van der Waals surface area contributed by atoms with Crippen LogP contribution in [0, 0.1) is 20.8 Å². The molecule has 0 spiro atoms. The van der Waals surface area contributed by atoms with Crippen LogP contribution < -0.4 is 0 Å². The summed E-state index contributed by atoms with van der Waals surface area (Å²) in [7, 11) is 0. The Kier molecular flexibility index (Phi) is 4.55. The highest BCUT2D eigenvalue weighted by Crippen LogP contribution is 2.39. The van der Waals surface area contributed by atoms with E-state index in [1.54, 1.807) is 11.3 Å². The molecule has 0 bridgehead atoms. The van der Waals surface area contributed by atoms with Crippen molar-refractivity contribution in [3.63, 3.8) is 0 Å². The lowest BCUT2D eigenvalue weighted by Crippen LogP contribution is -2.39. The molecular weight excluding hydrogens is 306 g/mol. The van der Waals surface area contributed by atoms with Crippen LogP contribution in [0.5, 0.6) is 0 Å². The van der Waals surface area contributed by atoms with Crippen LogP contribution in [0.15, 0.2) is 30.3 Å². The predicted molar refractivity (Wildman–Crippen MR) is 94.2 cm³/mol. The molecule has 1 aliphatic heterocycles. The first-order chi connectivity index (χ1) is 11.0. The highest BCUT2D eigenvalue weighted by molar-refractivity contribution is 7.12. The number of hydrogen-bond acceptors (Lipinski definition) is 3. The van der Waals surface area contributed by atoms with Gasteiger partial charge in [0.05, 0.1) is 6.04 Å². The number of benzene rings is 1. The molecular formula is C19H23NO2S. The van der Waals surface area contributed by atoms with Gasteiger partial charge in [0, 0.05) is 16.3 Å². The molecule has 0 aliphatic carbocycles. The number of aliphatic carboxylic acids is 1. The molecule has 2 unspecified atom stereocenters. The molecule has 1 aromatic carbocycles. The Balaban J connectivity index is 2.09. The SMILES string of the molecule is Cc1ccc(C(c2ccc(C)s2)N2CCCC2C(=O)O)c(C)c1. The summed E-state index contributed by atoms with van der Waals surface area (Å²) in [6.07, 6.45) is 1.68. The van der Waals surface area contributed by atoms with Gasteiger partial charge in [0.1, 0.15) is 6.04 Å². The van der Waals surface area contributed by atoms with Gasteiger partial charge in [0.15, 0.2) is 0 Å². The van der Waals surface area contributed by atoms with Crippen molar-refractivity contribution in [2.45, 2.75) is 45.7 Å². The number of carboxylic acids is 1. The van der Waals surface area contributed by atoms with Crippen LogP contribution >= 0.6 is 11.3 Å². The van der Waals surface area contributed by atoms with E-state index >= 15 is 0 Å². The Labute approximate surface area is 141 Å². The van der Waals surface area contributed by atoms with Gasteiger partial charge in [-0.15, -0.1) is 11.3 Å². The molecule has 1 N–H and O–H groups in total. The topological polar surface area (TPSA) is 40.5 Å². The van der Waals surface area contributed by atoms with Gasteiger partial charge in [-0.25, -0.2) is 0 Å². The van der Waals surface area contributed by atoms with Crippen LogP contribution in [0.25, 0.3) is 0 Å². The lowest BCUT2D eigenvalue weighted by atomic mass is 9.96. The maximum Gasteiger partial charge on any atom is 0.320 e. The molecule has 4 heteroatoms. The molecule has 0 radical (unpaired) electrons. The van der Waals surface area contributed by atoms with Gasteiger partial charge in [0.2, 0.25) is 0 Å². The number of carbonyl (C=O) groups is 1. The van der Waals surface area contributed by atoms with Crippen molar-refractivity contribution in [1.29, 1.82) is 0 Å². The first-order valence-electron chi connectivity index (χ1n) is 8.09. The van der Waals surface area contributed by atoms with Crippen molar-refractivity contribution in [2.75, 3.05) is 6.54 Å². The zero-order valence-electron chi connectivity index (χ0n) is 13.9. The second kappa shape index (κ2) is 6.46. The molecule has 23 heavy (non-hydrogen) atoms. The molecule has 1 aromatic heterocycles. The van der Waals surface area contributed by atoms with E-state index in [0.29, 0.717) is 0 Å². The summed E-state index contributed by atoms with van der Waals surface area (Å²) < 4.78 is 0. The molecule has 2 aromatic rings. The molecule has 1 saturated heterocycles. The Morgan fingerprint density at radius 1 is 1.26 bits per heavy atom. The molecule has 122 valence electrons. The first kappa shape index (κ1) is 16.2. The van der Waals surface area contributed by atoms with Crippen molar-refractivity contribution in [3.05, 3.63) is 56.8 Å². The standard InChI is InChI=1S/C19H23NO2S/c1-12-6-8-15(13(2)11-12)18(17-9-7-14(3)23-17)20-10-4-5-16(20)19(21)22/h6-9,11,16,18H,4-5,10H2,1-3H3,(H,21,22). The number of thiophene rings is 1. The summed E-state index contributed by atoms with van der Waals surface area (Å²) in [5, 5.41) is 9.61. The molecule has 0 saturated carbocycles. The van der Waals surface area contributed by atoms with Crippen LogP contribution in [0.3, 0.4) is 0 Å². The van der Waals surface area contributed by atoms with Crippen molar-refractivity contribution in [2.24, 2.45) is 0 Å². The van der Waals surface area contributed by atoms with Crippen molar-refractivity contribution >= 4 is 17.3 Å². The fourth-order valence-corrected chi connectivity index (χ4v) is 4.61. The quantitative estimate of drug-likeness (QED) is 0.908. The fourth-order valence-electron chi connectivity index (χ4n) is 3.59. The first-order valence-corrected chi connectivity index (χ1v) is 8.91. The minimum atomic E-state index is -0.703. The Morgan fingerprint density at radius 2 is 2.04 bits per heavy atom. The summed E-state index contributed by atoms with van der Waals surface area (Å²) in [6.45, 7) is 7.16. The van der Waals surface area contributed by atoms with E-state index in [2.05, 4.69) is 56.0 Å². The van der Waals surface area contributed by atoms with Crippen molar-refractivity contribution < 1.29 is 9.90 Å².